The summed E-state index contributed by atoms with van der Waals surface area (Å²) in [6.07, 6.45) is 1.20. The Hall–Kier alpha value is -2.10. The van der Waals surface area contributed by atoms with Crippen LogP contribution in [0, 0.1) is 0 Å². The van der Waals surface area contributed by atoms with Crippen molar-refractivity contribution in [2.75, 3.05) is 6.61 Å². The van der Waals surface area contributed by atoms with Crippen LogP contribution >= 0.6 is 0 Å². The Morgan fingerprint density at radius 3 is 2.55 bits per heavy atom. The maximum absolute atomic E-state index is 9.78. The van der Waals surface area contributed by atoms with Crippen LogP contribution < -0.4 is 0 Å². The van der Waals surface area contributed by atoms with Crippen LogP contribution in [0.25, 0.3) is 16.6 Å². The molecule has 1 aromatic heterocycles. The molecule has 0 spiro atoms. The molecule has 2 aromatic carbocycles. The maximum atomic E-state index is 9.78. The molecule has 3 aromatic rings. The van der Waals surface area contributed by atoms with E-state index in [0.29, 0.717) is 6.61 Å². The van der Waals surface area contributed by atoms with Crippen LogP contribution in [0.3, 0.4) is 0 Å². The summed E-state index contributed by atoms with van der Waals surface area (Å²) >= 11 is 0. The van der Waals surface area contributed by atoms with Crippen molar-refractivity contribution in [3.63, 3.8) is 0 Å². The smallest absolute Gasteiger partial charge is 0.181 e. The third-order valence-corrected chi connectivity index (χ3v) is 3.38. The van der Waals surface area contributed by atoms with Crippen LogP contribution in [0.2, 0.25) is 0 Å². The number of ether oxygens (including phenoxy) is 1. The predicted molar refractivity (Wildman–Crippen MR) is 79.9 cm³/mol. The van der Waals surface area contributed by atoms with Crippen LogP contribution in [0.5, 0.6) is 0 Å². The van der Waals surface area contributed by atoms with E-state index in [1.807, 2.05) is 43.3 Å². The van der Waals surface area contributed by atoms with Crippen molar-refractivity contribution in [1.82, 2.24) is 4.57 Å². The van der Waals surface area contributed by atoms with E-state index in [9.17, 15) is 5.11 Å². The number of rotatable bonds is 4. The van der Waals surface area contributed by atoms with Gasteiger partial charge in [-0.1, -0.05) is 30.3 Å². The van der Waals surface area contributed by atoms with Crippen molar-refractivity contribution in [3.8, 4) is 5.69 Å². The quantitative estimate of drug-likeness (QED) is 0.732. The minimum Gasteiger partial charge on any atom is -0.364 e. The number of para-hydroxylation sites is 1. The first-order valence-corrected chi connectivity index (χ1v) is 6.75. The fraction of sp³-hybridized carbons (Fsp3) is 0.176. The highest BCUT2D eigenvalue weighted by molar-refractivity contribution is 5.81. The molecular weight excluding hydrogens is 250 g/mol. The Balaban J connectivity index is 1.95. The molecular formula is C17H17NO2. The largest absolute Gasteiger partial charge is 0.364 e. The normalized spacial score (nSPS) is 12.7. The van der Waals surface area contributed by atoms with Gasteiger partial charge in [-0.2, -0.15) is 0 Å². The van der Waals surface area contributed by atoms with E-state index in [0.717, 1.165) is 11.3 Å². The van der Waals surface area contributed by atoms with Gasteiger partial charge in [0, 0.05) is 24.1 Å². The average molecular weight is 267 g/mol. The number of hydrogen-bond donors (Lipinski definition) is 1. The van der Waals surface area contributed by atoms with E-state index in [-0.39, 0.29) is 0 Å². The molecule has 1 unspecified atom stereocenters. The van der Waals surface area contributed by atoms with Crippen LogP contribution in [0.15, 0.2) is 60.8 Å². The van der Waals surface area contributed by atoms with E-state index in [1.54, 1.807) is 0 Å². The molecule has 0 amide bonds. The van der Waals surface area contributed by atoms with Crippen LogP contribution in [0.4, 0.5) is 0 Å². The second-order valence-electron chi connectivity index (χ2n) is 4.64. The number of hydrogen-bond acceptors (Lipinski definition) is 2. The minimum absolute atomic E-state index is 0.491. The molecule has 0 aliphatic carbocycles. The fourth-order valence-electron chi connectivity index (χ4n) is 2.36. The summed E-state index contributed by atoms with van der Waals surface area (Å²) in [7, 11) is 0. The van der Waals surface area contributed by atoms with Gasteiger partial charge in [-0.15, -0.1) is 0 Å². The highest BCUT2D eigenvalue weighted by Crippen LogP contribution is 2.22. The predicted octanol–water partition coefficient (Wildman–Crippen LogP) is 3.66. The zero-order chi connectivity index (χ0) is 13.9. The molecule has 3 nitrogen and oxygen atoms in total. The van der Waals surface area contributed by atoms with Gasteiger partial charge in [-0.3, -0.25) is 0 Å². The van der Waals surface area contributed by atoms with Gasteiger partial charge in [0.2, 0.25) is 0 Å². The summed E-state index contributed by atoms with van der Waals surface area (Å²) in [6, 6.07) is 18.1. The van der Waals surface area contributed by atoms with Crippen LogP contribution in [-0.4, -0.2) is 16.3 Å². The van der Waals surface area contributed by atoms with Gasteiger partial charge in [0.05, 0.1) is 5.52 Å². The van der Waals surface area contributed by atoms with E-state index < -0.39 is 6.29 Å². The first-order chi connectivity index (χ1) is 9.79. The van der Waals surface area contributed by atoms with Crippen molar-refractivity contribution in [1.29, 1.82) is 0 Å². The highest BCUT2D eigenvalue weighted by atomic mass is 16.6. The summed E-state index contributed by atoms with van der Waals surface area (Å²) in [5, 5.41) is 11.0. The summed E-state index contributed by atoms with van der Waals surface area (Å²) < 4.78 is 7.31. The topological polar surface area (TPSA) is 34.4 Å². The lowest BCUT2D eigenvalue weighted by Gasteiger charge is -2.12. The van der Waals surface area contributed by atoms with Gasteiger partial charge < -0.3 is 14.4 Å². The second-order valence-corrected chi connectivity index (χ2v) is 4.64. The van der Waals surface area contributed by atoms with E-state index in [4.69, 9.17) is 4.74 Å². The lowest BCUT2D eigenvalue weighted by Crippen LogP contribution is -2.03. The number of nitrogens with zero attached hydrogens (tertiary/aromatic N) is 1. The van der Waals surface area contributed by atoms with Gasteiger partial charge in [-0.05, 0) is 36.6 Å². The molecule has 102 valence electrons. The van der Waals surface area contributed by atoms with E-state index in [2.05, 4.69) is 29.0 Å². The zero-order valence-electron chi connectivity index (χ0n) is 11.4. The molecule has 20 heavy (non-hydrogen) atoms. The Bertz CT molecular complexity index is 700. The van der Waals surface area contributed by atoms with E-state index >= 15 is 0 Å². The van der Waals surface area contributed by atoms with Gasteiger partial charge in [-0.25, -0.2) is 0 Å². The standard InChI is InChI=1S/C17H17NO2/c1-2-20-17(19)14-7-9-15(10-8-14)18-12-11-13-5-3-4-6-16(13)18/h3-12,17,19H,2H2,1H3. The fourth-order valence-corrected chi connectivity index (χ4v) is 2.36. The molecule has 0 radical (unpaired) electrons. The Morgan fingerprint density at radius 1 is 1.05 bits per heavy atom. The molecule has 0 saturated heterocycles. The molecule has 0 aliphatic heterocycles. The lowest BCUT2D eigenvalue weighted by atomic mass is 10.2. The van der Waals surface area contributed by atoms with Crippen molar-refractivity contribution in [3.05, 3.63) is 66.4 Å². The summed E-state index contributed by atoms with van der Waals surface area (Å²) in [5.74, 6) is 0. The molecule has 0 saturated carbocycles. The molecule has 1 N–H and O–H groups in total. The Kier molecular flexibility index (Phi) is 3.54. The van der Waals surface area contributed by atoms with Crippen molar-refractivity contribution in [2.24, 2.45) is 0 Å². The monoisotopic (exact) mass is 267 g/mol. The van der Waals surface area contributed by atoms with Crippen molar-refractivity contribution < 1.29 is 9.84 Å². The van der Waals surface area contributed by atoms with Crippen LogP contribution in [-0.2, 0) is 4.74 Å². The van der Waals surface area contributed by atoms with Crippen molar-refractivity contribution in [2.45, 2.75) is 13.2 Å². The number of aromatic nitrogens is 1. The molecule has 1 atom stereocenters. The summed E-state index contributed by atoms with van der Waals surface area (Å²) in [6.45, 7) is 2.36. The number of benzene rings is 2. The van der Waals surface area contributed by atoms with Gasteiger partial charge in [0.1, 0.15) is 0 Å². The second kappa shape index (κ2) is 5.49. The maximum Gasteiger partial charge on any atom is 0.181 e. The third-order valence-electron chi connectivity index (χ3n) is 3.38. The highest BCUT2D eigenvalue weighted by Gasteiger charge is 2.07. The molecule has 3 rings (SSSR count). The molecule has 0 aliphatic rings. The molecule has 0 fully saturated rings. The lowest BCUT2D eigenvalue weighted by molar-refractivity contribution is -0.0979. The minimum atomic E-state index is -0.851. The van der Waals surface area contributed by atoms with Gasteiger partial charge in [0.25, 0.3) is 0 Å². The number of aliphatic hydroxyl groups is 1. The molecule has 1 heterocycles. The summed E-state index contributed by atoms with van der Waals surface area (Å²) in [4.78, 5) is 0. The van der Waals surface area contributed by atoms with Crippen LogP contribution in [0.1, 0.15) is 18.8 Å². The average Bonchev–Trinajstić information content (AvgIpc) is 2.92. The van der Waals surface area contributed by atoms with Crippen molar-refractivity contribution >= 4 is 10.9 Å². The zero-order valence-corrected chi connectivity index (χ0v) is 11.4. The molecule has 3 heteroatoms. The number of aliphatic hydroxyl groups excluding tert-OH is 1. The summed E-state index contributed by atoms with van der Waals surface area (Å²) in [5.41, 5.74) is 3.01. The van der Waals surface area contributed by atoms with Gasteiger partial charge >= 0.3 is 0 Å². The first kappa shape index (κ1) is 12.9. The first-order valence-electron chi connectivity index (χ1n) is 6.75. The van der Waals surface area contributed by atoms with E-state index in [1.165, 1.54) is 10.9 Å². The SMILES string of the molecule is CCOC(O)c1ccc(-n2ccc3ccccc32)cc1. The molecule has 0 bridgehead atoms. The Morgan fingerprint density at radius 2 is 1.80 bits per heavy atom. The third kappa shape index (κ3) is 2.33. The van der Waals surface area contributed by atoms with Gasteiger partial charge in [0.15, 0.2) is 6.29 Å². The Labute approximate surface area is 118 Å². The number of fused-ring (bicyclic) bond motifs is 1.